The van der Waals surface area contributed by atoms with Crippen molar-refractivity contribution in [1.29, 1.82) is 0 Å². The van der Waals surface area contributed by atoms with Crippen molar-refractivity contribution in [2.45, 2.75) is 12.4 Å². The summed E-state index contributed by atoms with van der Waals surface area (Å²) in [5, 5.41) is 0. The van der Waals surface area contributed by atoms with Crippen LogP contribution in [0.5, 0.6) is 0 Å². The SMILES string of the molecule is COC(=O)c1cc(F)c(C(F)(F)F)c(C(F)(F)F)c1. The van der Waals surface area contributed by atoms with Gasteiger partial charge in [0.25, 0.3) is 0 Å². The van der Waals surface area contributed by atoms with E-state index in [0.29, 0.717) is 0 Å². The Morgan fingerprint density at radius 2 is 1.58 bits per heavy atom. The molecule has 0 aliphatic rings. The van der Waals surface area contributed by atoms with Crippen molar-refractivity contribution >= 4 is 5.97 Å². The van der Waals surface area contributed by atoms with Gasteiger partial charge in [0.15, 0.2) is 0 Å². The predicted octanol–water partition coefficient (Wildman–Crippen LogP) is 3.65. The minimum Gasteiger partial charge on any atom is -0.465 e. The van der Waals surface area contributed by atoms with Crippen LogP contribution in [0.1, 0.15) is 21.5 Å². The van der Waals surface area contributed by atoms with Gasteiger partial charge >= 0.3 is 18.3 Å². The van der Waals surface area contributed by atoms with Gasteiger partial charge in [-0.15, -0.1) is 0 Å². The molecular formula is C10H5F7O2. The number of benzene rings is 1. The van der Waals surface area contributed by atoms with Crippen LogP contribution in [0.15, 0.2) is 12.1 Å². The molecule has 0 atom stereocenters. The van der Waals surface area contributed by atoms with Crippen molar-refractivity contribution in [2.75, 3.05) is 7.11 Å². The standard InChI is InChI=1S/C10H5F7O2/c1-19-8(18)4-2-5(9(12,13)14)7(6(11)3-4)10(15,16)17/h2-3H,1H3. The van der Waals surface area contributed by atoms with Crippen molar-refractivity contribution in [3.8, 4) is 0 Å². The van der Waals surface area contributed by atoms with Crippen LogP contribution >= 0.6 is 0 Å². The lowest BCUT2D eigenvalue weighted by Gasteiger charge is -2.17. The Kier molecular flexibility index (Phi) is 3.78. The highest BCUT2D eigenvalue weighted by Crippen LogP contribution is 2.42. The molecule has 0 heterocycles. The lowest BCUT2D eigenvalue weighted by Crippen LogP contribution is -2.20. The van der Waals surface area contributed by atoms with Gasteiger partial charge in [-0.05, 0) is 12.1 Å². The van der Waals surface area contributed by atoms with E-state index in [1.165, 1.54) is 0 Å². The monoisotopic (exact) mass is 290 g/mol. The smallest absolute Gasteiger partial charge is 0.419 e. The second kappa shape index (κ2) is 4.71. The highest BCUT2D eigenvalue weighted by molar-refractivity contribution is 5.89. The van der Waals surface area contributed by atoms with Crippen molar-refractivity contribution in [1.82, 2.24) is 0 Å². The van der Waals surface area contributed by atoms with Crippen LogP contribution in [-0.2, 0) is 17.1 Å². The third-order valence-electron chi connectivity index (χ3n) is 2.10. The number of methoxy groups -OCH3 is 1. The summed E-state index contributed by atoms with van der Waals surface area (Å²) in [6, 6.07) is -0.0539. The van der Waals surface area contributed by atoms with E-state index in [9.17, 15) is 35.5 Å². The number of esters is 1. The molecule has 2 nitrogen and oxygen atoms in total. The molecule has 0 saturated carbocycles. The molecule has 0 fully saturated rings. The maximum absolute atomic E-state index is 13.2. The lowest BCUT2D eigenvalue weighted by atomic mass is 10.0. The summed E-state index contributed by atoms with van der Waals surface area (Å²) >= 11 is 0. The summed E-state index contributed by atoms with van der Waals surface area (Å²) in [6.45, 7) is 0. The van der Waals surface area contributed by atoms with Gasteiger partial charge in [-0.2, -0.15) is 26.3 Å². The molecule has 0 aliphatic heterocycles. The van der Waals surface area contributed by atoms with E-state index < -0.39 is 40.8 Å². The summed E-state index contributed by atoms with van der Waals surface area (Å²) in [4.78, 5) is 11.0. The number of carbonyl (C=O) groups excluding carboxylic acids is 1. The fourth-order valence-corrected chi connectivity index (χ4v) is 1.35. The number of alkyl halides is 6. The molecule has 0 aromatic heterocycles. The average Bonchev–Trinajstić information content (AvgIpc) is 2.23. The second-order valence-electron chi connectivity index (χ2n) is 3.37. The Balaban J connectivity index is 3.63. The Labute approximate surface area is 101 Å². The third kappa shape index (κ3) is 3.15. The van der Waals surface area contributed by atoms with Crippen molar-refractivity contribution in [2.24, 2.45) is 0 Å². The van der Waals surface area contributed by atoms with Gasteiger partial charge < -0.3 is 4.74 Å². The first-order valence-electron chi connectivity index (χ1n) is 4.54. The first-order chi connectivity index (χ1) is 8.48. The van der Waals surface area contributed by atoms with Crippen molar-refractivity contribution in [3.05, 3.63) is 34.6 Å². The number of ether oxygens (including phenoxy) is 1. The van der Waals surface area contributed by atoms with E-state index in [-0.39, 0.29) is 12.1 Å². The summed E-state index contributed by atoms with van der Waals surface area (Å²) < 4.78 is 91.9. The van der Waals surface area contributed by atoms with Gasteiger partial charge in [-0.3, -0.25) is 0 Å². The first kappa shape index (κ1) is 15.3. The van der Waals surface area contributed by atoms with E-state index in [4.69, 9.17) is 0 Å². The summed E-state index contributed by atoms with van der Waals surface area (Å²) in [7, 11) is 0.797. The van der Waals surface area contributed by atoms with Crippen LogP contribution in [0.2, 0.25) is 0 Å². The van der Waals surface area contributed by atoms with Gasteiger partial charge in [0, 0.05) is 0 Å². The van der Waals surface area contributed by atoms with Gasteiger partial charge in [0.1, 0.15) is 11.4 Å². The minimum absolute atomic E-state index is 0.0455. The summed E-state index contributed by atoms with van der Waals surface area (Å²) in [6.07, 6.45) is -11.0. The summed E-state index contributed by atoms with van der Waals surface area (Å²) in [5.41, 5.74) is -5.70. The number of hydrogen-bond acceptors (Lipinski definition) is 2. The zero-order valence-electron chi connectivity index (χ0n) is 9.12. The van der Waals surface area contributed by atoms with Gasteiger partial charge in [-0.1, -0.05) is 0 Å². The fourth-order valence-electron chi connectivity index (χ4n) is 1.35. The normalized spacial score (nSPS) is 12.4. The fraction of sp³-hybridized carbons (Fsp3) is 0.300. The molecule has 1 aromatic carbocycles. The summed E-state index contributed by atoms with van der Waals surface area (Å²) in [5.74, 6) is -3.57. The second-order valence-corrected chi connectivity index (χ2v) is 3.37. The first-order valence-corrected chi connectivity index (χ1v) is 4.54. The largest absolute Gasteiger partial charge is 0.465 e. The average molecular weight is 290 g/mol. The predicted molar refractivity (Wildman–Crippen MR) is 47.7 cm³/mol. The molecule has 106 valence electrons. The van der Waals surface area contributed by atoms with E-state index in [2.05, 4.69) is 4.74 Å². The molecule has 0 unspecified atom stereocenters. The topological polar surface area (TPSA) is 26.3 Å². The molecule has 9 heteroatoms. The van der Waals surface area contributed by atoms with Crippen LogP contribution < -0.4 is 0 Å². The molecule has 0 saturated heterocycles. The Hall–Kier alpha value is -1.80. The van der Waals surface area contributed by atoms with Crippen LogP contribution in [0.4, 0.5) is 30.7 Å². The molecule has 0 spiro atoms. The maximum Gasteiger partial charge on any atom is 0.419 e. The molecule has 0 amide bonds. The highest BCUT2D eigenvalue weighted by Gasteiger charge is 2.46. The molecule has 1 aromatic rings. The minimum atomic E-state index is -5.54. The molecule has 0 radical (unpaired) electrons. The van der Waals surface area contributed by atoms with Gasteiger partial charge in [-0.25, -0.2) is 9.18 Å². The van der Waals surface area contributed by atoms with Gasteiger partial charge in [0.05, 0.1) is 18.2 Å². The molecule has 0 bridgehead atoms. The van der Waals surface area contributed by atoms with Crippen LogP contribution in [0.3, 0.4) is 0 Å². The molecule has 19 heavy (non-hydrogen) atoms. The number of carbonyl (C=O) groups is 1. The number of rotatable bonds is 1. The van der Waals surface area contributed by atoms with Crippen LogP contribution in [0.25, 0.3) is 0 Å². The molecule has 0 N–H and O–H groups in total. The molecule has 1 rings (SSSR count). The van der Waals surface area contributed by atoms with E-state index in [0.717, 1.165) is 7.11 Å². The molecule has 0 aliphatic carbocycles. The number of hydrogen-bond donors (Lipinski definition) is 0. The Morgan fingerprint density at radius 1 is 1.05 bits per heavy atom. The van der Waals surface area contributed by atoms with E-state index in [1.54, 1.807) is 0 Å². The van der Waals surface area contributed by atoms with E-state index >= 15 is 0 Å². The lowest BCUT2D eigenvalue weighted by molar-refractivity contribution is -0.163. The zero-order valence-corrected chi connectivity index (χ0v) is 9.12. The van der Waals surface area contributed by atoms with E-state index in [1.807, 2.05) is 0 Å². The Morgan fingerprint density at radius 3 is 1.95 bits per heavy atom. The third-order valence-corrected chi connectivity index (χ3v) is 2.10. The highest BCUT2D eigenvalue weighted by atomic mass is 19.4. The van der Waals surface area contributed by atoms with Crippen molar-refractivity contribution in [3.63, 3.8) is 0 Å². The number of halogens is 7. The van der Waals surface area contributed by atoms with Crippen LogP contribution in [-0.4, -0.2) is 13.1 Å². The molecular weight excluding hydrogens is 285 g/mol. The van der Waals surface area contributed by atoms with Crippen molar-refractivity contribution < 1.29 is 40.3 Å². The quantitative estimate of drug-likeness (QED) is 0.583. The maximum atomic E-state index is 13.2. The zero-order chi connectivity index (χ0) is 15.0. The van der Waals surface area contributed by atoms with Crippen LogP contribution in [0, 0.1) is 5.82 Å². The Bertz CT molecular complexity index is 502. The van der Waals surface area contributed by atoms with Gasteiger partial charge in [0.2, 0.25) is 0 Å².